The van der Waals surface area contributed by atoms with Crippen molar-refractivity contribution in [1.29, 1.82) is 0 Å². The monoisotopic (exact) mass is 263 g/mol. The van der Waals surface area contributed by atoms with Crippen LogP contribution in [0.2, 0.25) is 0 Å². The summed E-state index contributed by atoms with van der Waals surface area (Å²) in [5, 5.41) is 2.76. The van der Waals surface area contributed by atoms with Gasteiger partial charge in [-0.15, -0.1) is 11.3 Å². The number of thiophene rings is 1. The van der Waals surface area contributed by atoms with Crippen LogP contribution in [-0.2, 0) is 0 Å². The fourth-order valence-electron chi connectivity index (χ4n) is 2.21. The largest absolute Gasteiger partial charge is 0.406 e. The molecular weight excluding hydrogens is 247 g/mol. The summed E-state index contributed by atoms with van der Waals surface area (Å²) >= 11 is 1.63. The van der Waals surface area contributed by atoms with Crippen molar-refractivity contribution >= 4 is 11.3 Å². The van der Waals surface area contributed by atoms with Crippen molar-refractivity contribution in [2.45, 2.75) is 51.4 Å². The van der Waals surface area contributed by atoms with Crippen molar-refractivity contribution in [2.75, 3.05) is 0 Å². The fraction of sp³-hybridized carbons (Fsp3) is 0.667. The Bertz CT molecular complexity index is 418. The Balaban J connectivity index is 2.13. The molecule has 17 heavy (non-hydrogen) atoms. The third-order valence-electron chi connectivity index (χ3n) is 3.33. The molecule has 1 aromatic rings. The maximum absolute atomic E-state index is 12.8. The molecule has 96 valence electrons. The van der Waals surface area contributed by atoms with E-state index in [2.05, 4.69) is 5.32 Å². The summed E-state index contributed by atoms with van der Waals surface area (Å²) in [5.74, 6) is 0. The van der Waals surface area contributed by atoms with Gasteiger partial charge < -0.3 is 0 Å². The van der Waals surface area contributed by atoms with Crippen LogP contribution in [0.4, 0.5) is 13.2 Å². The molecule has 5 heteroatoms. The molecule has 2 rings (SSSR count). The van der Waals surface area contributed by atoms with E-state index in [1.165, 1.54) is 0 Å². The Morgan fingerprint density at radius 1 is 1.35 bits per heavy atom. The van der Waals surface area contributed by atoms with Crippen LogP contribution in [0.1, 0.15) is 41.1 Å². The van der Waals surface area contributed by atoms with Crippen molar-refractivity contribution in [3.8, 4) is 0 Å². The summed E-state index contributed by atoms with van der Waals surface area (Å²) in [6, 6.07) is 1.73. The molecule has 1 atom stereocenters. The molecule has 0 aromatic carbocycles. The molecule has 1 saturated carbocycles. The van der Waals surface area contributed by atoms with Crippen molar-refractivity contribution in [3.05, 3.63) is 21.4 Å². The highest BCUT2D eigenvalue weighted by atomic mass is 32.1. The second kappa shape index (κ2) is 3.99. The number of rotatable bonds is 3. The van der Waals surface area contributed by atoms with E-state index in [1.54, 1.807) is 18.3 Å². The van der Waals surface area contributed by atoms with Gasteiger partial charge in [0.1, 0.15) is 5.54 Å². The third kappa shape index (κ3) is 2.36. The van der Waals surface area contributed by atoms with E-state index in [1.807, 2.05) is 19.9 Å². The van der Waals surface area contributed by atoms with Gasteiger partial charge in [-0.05, 0) is 45.2 Å². The van der Waals surface area contributed by atoms with Gasteiger partial charge >= 0.3 is 6.18 Å². The van der Waals surface area contributed by atoms with E-state index < -0.39 is 11.7 Å². The number of hydrogen-bond acceptors (Lipinski definition) is 2. The van der Waals surface area contributed by atoms with Crippen molar-refractivity contribution in [1.82, 2.24) is 5.32 Å². The van der Waals surface area contributed by atoms with Gasteiger partial charge in [-0.25, -0.2) is 0 Å². The minimum Gasteiger partial charge on any atom is -0.297 e. The van der Waals surface area contributed by atoms with Gasteiger partial charge in [-0.1, -0.05) is 0 Å². The maximum atomic E-state index is 12.8. The molecular formula is C12H16F3NS. The van der Waals surface area contributed by atoms with Crippen LogP contribution >= 0.6 is 11.3 Å². The van der Waals surface area contributed by atoms with E-state index in [0.29, 0.717) is 0 Å². The molecule has 1 fully saturated rings. The van der Waals surface area contributed by atoms with Gasteiger partial charge in [0.25, 0.3) is 0 Å². The van der Waals surface area contributed by atoms with Gasteiger partial charge in [-0.2, -0.15) is 13.2 Å². The van der Waals surface area contributed by atoms with Crippen LogP contribution in [0.15, 0.2) is 6.07 Å². The lowest BCUT2D eigenvalue weighted by Gasteiger charge is -2.25. The van der Waals surface area contributed by atoms with E-state index in [0.717, 1.165) is 15.3 Å². The molecule has 1 unspecified atom stereocenters. The predicted molar refractivity (Wildman–Crippen MR) is 63.4 cm³/mol. The van der Waals surface area contributed by atoms with Crippen LogP contribution in [0, 0.1) is 13.8 Å². The molecule has 1 nitrogen and oxygen atoms in total. The van der Waals surface area contributed by atoms with Gasteiger partial charge in [0.2, 0.25) is 0 Å². The summed E-state index contributed by atoms with van der Waals surface area (Å²) in [6.07, 6.45) is -3.74. The van der Waals surface area contributed by atoms with Gasteiger partial charge in [0.15, 0.2) is 0 Å². The smallest absolute Gasteiger partial charge is 0.297 e. The number of halogens is 3. The zero-order valence-corrected chi connectivity index (χ0v) is 10.9. The highest BCUT2D eigenvalue weighted by molar-refractivity contribution is 7.12. The second-order valence-corrected chi connectivity index (χ2v) is 6.27. The van der Waals surface area contributed by atoms with Crippen LogP contribution in [-0.4, -0.2) is 11.7 Å². The highest BCUT2D eigenvalue weighted by Crippen LogP contribution is 2.50. The molecule has 1 aliphatic rings. The first-order valence-electron chi connectivity index (χ1n) is 5.66. The number of nitrogens with one attached hydrogen (secondary N) is 1. The predicted octanol–water partition coefficient (Wildman–Crippen LogP) is 4.11. The quantitative estimate of drug-likeness (QED) is 0.865. The Hall–Kier alpha value is -0.550. The second-order valence-electron chi connectivity index (χ2n) is 4.81. The van der Waals surface area contributed by atoms with Crippen LogP contribution in [0.25, 0.3) is 0 Å². The topological polar surface area (TPSA) is 12.0 Å². The first kappa shape index (κ1) is 12.9. The summed E-state index contributed by atoms with van der Waals surface area (Å²) in [5.41, 5.74) is -0.641. The molecule has 1 heterocycles. The van der Waals surface area contributed by atoms with E-state index in [4.69, 9.17) is 0 Å². The summed E-state index contributed by atoms with van der Waals surface area (Å²) in [6.45, 7) is 5.74. The first-order valence-corrected chi connectivity index (χ1v) is 6.48. The summed E-state index contributed by atoms with van der Waals surface area (Å²) in [4.78, 5) is 2.24. The molecule has 0 spiro atoms. The molecule has 1 N–H and O–H groups in total. The maximum Gasteiger partial charge on any atom is 0.406 e. The van der Waals surface area contributed by atoms with Gasteiger partial charge in [-0.3, -0.25) is 5.32 Å². The third-order valence-corrected chi connectivity index (χ3v) is 4.31. The molecule has 1 aliphatic carbocycles. The Morgan fingerprint density at radius 2 is 1.94 bits per heavy atom. The van der Waals surface area contributed by atoms with E-state index in [9.17, 15) is 13.2 Å². The van der Waals surface area contributed by atoms with Gasteiger partial charge in [0, 0.05) is 15.8 Å². The Kier molecular flexibility index (Phi) is 3.02. The first-order chi connectivity index (χ1) is 7.75. The van der Waals surface area contributed by atoms with Gasteiger partial charge in [0.05, 0.1) is 0 Å². The normalized spacial score (nSPS) is 20.4. The number of alkyl halides is 3. The zero-order valence-electron chi connectivity index (χ0n) is 10.1. The van der Waals surface area contributed by atoms with Crippen LogP contribution in [0.5, 0.6) is 0 Å². The molecule has 0 amide bonds. The standard InChI is InChI=1S/C12H16F3NS/c1-7-6-10(9(3)17-7)8(2)16-11(4-5-11)12(13,14)15/h6,8,16H,4-5H2,1-3H3. The van der Waals surface area contributed by atoms with E-state index >= 15 is 0 Å². The summed E-state index contributed by atoms with van der Waals surface area (Å²) < 4.78 is 38.5. The Morgan fingerprint density at radius 3 is 2.29 bits per heavy atom. The SMILES string of the molecule is Cc1cc(C(C)NC2(C(F)(F)F)CC2)c(C)s1. The Labute approximate surface area is 103 Å². The molecule has 0 aliphatic heterocycles. The molecule has 1 aromatic heterocycles. The van der Waals surface area contributed by atoms with E-state index in [-0.39, 0.29) is 18.9 Å². The number of aryl methyl sites for hydroxylation is 2. The summed E-state index contributed by atoms with van der Waals surface area (Å²) in [7, 11) is 0. The van der Waals surface area contributed by atoms with Crippen molar-refractivity contribution in [2.24, 2.45) is 0 Å². The minimum absolute atomic E-state index is 0.197. The van der Waals surface area contributed by atoms with Crippen molar-refractivity contribution < 1.29 is 13.2 Å². The minimum atomic E-state index is -4.14. The average Bonchev–Trinajstić information content (AvgIpc) is 2.86. The van der Waals surface area contributed by atoms with Crippen LogP contribution < -0.4 is 5.32 Å². The lowest BCUT2D eigenvalue weighted by Crippen LogP contribution is -2.45. The average molecular weight is 263 g/mol. The van der Waals surface area contributed by atoms with Crippen LogP contribution in [0.3, 0.4) is 0 Å². The molecule has 0 saturated heterocycles. The molecule has 0 bridgehead atoms. The lowest BCUT2D eigenvalue weighted by atomic mass is 10.1. The highest BCUT2D eigenvalue weighted by Gasteiger charge is 2.63. The molecule has 0 radical (unpaired) electrons. The zero-order chi connectivity index (χ0) is 12.8. The number of hydrogen-bond donors (Lipinski definition) is 1. The van der Waals surface area contributed by atoms with Crippen molar-refractivity contribution in [3.63, 3.8) is 0 Å². The fourth-order valence-corrected chi connectivity index (χ4v) is 3.23. The lowest BCUT2D eigenvalue weighted by molar-refractivity contribution is -0.167.